The van der Waals surface area contributed by atoms with Crippen LogP contribution in [0.15, 0.2) is 72.2 Å². The number of imidazole rings is 1. The maximum atomic E-state index is 5.26. The molecule has 1 heterocycles. The summed E-state index contributed by atoms with van der Waals surface area (Å²) in [6.07, 6.45) is 5.59. The van der Waals surface area contributed by atoms with Gasteiger partial charge in [0, 0.05) is 39.1 Å². The van der Waals surface area contributed by atoms with Crippen LogP contribution in [0.3, 0.4) is 0 Å². The summed E-state index contributed by atoms with van der Waals surface area (Å²) >= 11 is 0. The molecule has 3 rings (SSSR count). The summed E-state index contributed by atoms with van der Waals surface area (Å²) in [4.78, 5) is 8.35. The number of nitrogens with one attached hydrogen (secondary N) is 2. The van der Waals surface area contributed by atoms with Gasteiger partial charge < -0.3 is 19.9 Å². The zero-order valence-corrected chi connectivity index (χ0v) is 18.5. The van der Waals surface area contributed by atoms with E-state index in [1.54, 1.807) is 20.4 Å². The topological polar surface area (TPSA) is 63.5 Å². The van der Waals surface area contributed by atoms with Crippen LogP contribution in [-0.4, -0.2) is 29.7 Å². The lowest BCUT2D eigenvalue weighted by Gasteiger charge is -2.13. The Morgan fingerprint density at radius 1 is 1.04 bits per heavy atom. The van der Waals surface area contributed by atoms with E-state index in [0.717, 1.165) is 23.8 Å². The van der Waals surface area contributed by atoms with Gasteiger partial charge in [-0.2, -0.15) is 0 Å². The van der Waals surface area contributed by atoms with Gasteiger partial charge in [0.05, 0.1) is 13.4 Å². The Morgan fingerprint density at radius 2 is 1.75 bits per heavy atom. The Balaban J connectivity index is 0.00000280. The number of rotatable bonds is 7. The molecule has 28 heavy (non-hydrogen) atoms. The Morgan fingerprint density at radius 3 is 2.39 bits per heavy atom. The third-order valence-corrected chi connectivity index (χ3v) is 4.22. The summed E-state index contributed by atoms with van der Waals surface area (Å²) < 4.78 is 7.31. The van der Waals surface area contributed by atoms with Gasteiger partial charge in [-0.05, 0) is 28.8 Å². The largest absolute Gasteiger partial charge is 0.497 e. The molecule has 3 aromatic rings. The predicted molar refractivity (Wildman–Crippen MR) is 123 cm³/mol. The maximum Gasteiger partial charge on any atom is 0.191 e. The number of nitrogens with zero attached hydrogens (tertiary/aromatic N) is 3. The average Bonchev–Trinajstić information content (AvgIpc) is 3.22. The van der Waals surface area contributed by atoms with Gasteiger partial charge in [-0.1, -0.05) is 36.4 Å². The van der Waals surface area contributed by atoms with E-state index >= 15 is 0 Å². The minimum Gasteiger partial charge on any atom is -0.497 e. The second kappa shape index (κ2) is 11.3. The second-order valence-electron chi connectivity index (χ2n) is 6.18. The molecule has 2 N–H and O–H groups in total. The minimum atomic E-state index is 0. The van der Waals surface area contributed by atoms with Gasteiger partial charge in [-0.25, -0.2) is 4.98 Å². The number of hydrogen-bond acceptors (Lipinski definition) is 3. The van der Waals surface area contributed by atoms with E-state index in [2.05, 4.69) is 55.5 Å². The van der Waals surface area contributed by atoms with Crippen LogP contribution in [0.25, 0.3) is 0 Å². The van der Waals surface area contributed by atoms with E-state index in [1.165, 1.54) is 11.1 Å². The number of ether oxygens (including phenoxy) is 1. The molecule has 7 heteroatoms. The molecule has 0 unspecified atom stereocenters. The lowest BCUT2D eigenvalue weighted by molar-refractivity contribution is 0.414. The molecule has 148 valence electrons. The summed E-state index contributed by atoms with van der Waals surface area (Å²) in [7, 11) is 3.45. The molecule has 0 radical (unpaired) electrons. The third-order valence-electron chi connectivity index (χ3n) is 4.22. The second-order valence-corrected chi connectivity index (χ2v) is 6.18. The first-order valence-corrected chi connectivity index (χ1v) is 8.88. The highest BCUT2D eigenvalue weighted by Gasteiger charge is 2.01. The van der Waals surface area contributed by atoms with E-state index in [1.807, 2.05) is 30.7 Å². The molecule has 0 bridgehead atoms. The number of aromatic nitrogens is 2. The predicted octanol–water partition coefficient (Wildman–Crippen LogP) is 3.42. The van der Waals surface area contributed by atoms with Crippen molar-refractivity contribution < 1.29 is 4.74 Å². The van der Waals surface area contributed by atoms with Gasteiger partial charge in [-0.15, -0.1) is 24.0 Å². The van der Waals surface area contributed by atoms with Gasteiger partial charge in [0.25, 0.3) is 0 Å². The van der Waals surface area contributed by atoms with Crippen LogP contribution < -0.4 is 15.4 Å². The van der Waals surface area contributed by atoms with Crippen LogP contribution in [0.1, 0.15) is 16.7 Å². The van der Waals surface area contributed by atoms with Crippen molar-refractivity contribution in [3.8, 4) is 5.75 Å². The standard InChI is InChI=1S/C21H25N5O.HI/c1-22-21(25-14-19-4-3-5-20(12-19)27-2)24-13-17-6-8-18(9-7-17)15-26-11-10-23-16-26;/h3-12,16H,13-15H2,1-2H3,(H2,22,24,25);1H. The number of guanidine groups is 1. The van der Waals surface area contributed by atoms with E-state index in [0.29, 0.717) is 13.1 Å². The average molecular weight is 491 g/mol. The lowest BCUT2D eigenvalue weighted by Crippen LogP contribution is -2.36. The Kier molecular flexibility index (Phi) is 8.80. The third kappa shape index (κ3) is 6.56. The molecule has 0 saturated carbocycles. The van der Waals surface area contributed by atoms with E-state index in [9.17, 15) is 0 Å². The normalized spacial score (nSPS) is 10.9. The molecule has 0 fully saturated rings. The molecule has 0 aliphatic carbocycles. The highest BCUT2D eigenvalue weighted by molar-refractivity contribution is 14.0. The van der Waals surface area contributed by atoms with E-state index in [-0.39, 0.29) is 24.0 Å². The van der Waals surface area contributed by atoms with Crippen LogP contribution in [0.2, 0.25) is 0 Å². The number of halogens is 1. The maximum absolute atomic E-state index is 5.26. The first kappa shape index (κ1) is 21.7. The van der Waals surface area contributed by atoms with Gasteiger partial charge >= 0.3 is 0 Å². The van der Waals surface area contributed by atoms with Crippen molar-refractivity contribution in [2.75, 3.05) is 14.2 Å². The van der Waals surface area contributed by atoms with E-state index < -0.39 is 0 Å². The van der Waals surface area contributed by atoms with Crippen molar-refractivity contribution in [2.45, 2.75) is 19.6 Å². The number of methoxy groups -OCH3 is 1. The summed E-state index contributed by atoms with van der Waals surface area (Å²) in [5, 5.41) is 6.66. The van der Waals surface area contributed by atoms with Gasteiger partial charge in [0.1, 0.15) is 5.75 Å². The smallest absolute Gasteiger partial charge is 0.191 e. The Bertz CT molecular complexity index is 863. The molecule has 0 atom stereocenters. The molecule has 1 aromatic heterocycles. The van der Waals surface area contributed by atoms with Crippen molar-refractivity contribution in [3.05, 3.63) is 83.9 Å². The molecule has 0 aliphatic rings. The molecule has 0 aliphatic heterocycles. The van der Waals surface area contributed by atoms with Gasteiger partial charge in [0.15, 0.2) is 5.96 Å². The zero-order valence-electron chi connectivity index (χ0n) is 16.1. The molecule has 0 spiro atoms. The van der Waals surface area contributed by atoms with Gasteiger partial charge in [0.2, 0.25) is 0 Å². The molecule has 6 nitrogen and oxygen atoms in total. The zero-order chi connectivity index (χ0) is 18.9. The van der Waals surface area contributed by atoms with Crippen LogP contribution in [0.5, 0.6) is 5.75 Å². The monoisotopic (exact) mass is 491 g/mol. The lowest BCUT2D eigenvalue weighted by atomic mass is 10.1. The first-order valence-electron chi connectivity index (χ1n) is 8.88. The number of aliphatic imine (C=N–C) groups is 1. The minimum absolute atomic E-state index is 0. The number of hydrogen-bond donors (Lipinski definition) is 2. The van der Waals surface area contributed by atoms with Crippen LogP contribution >= 0.6 is 24.0 Å². The molecule has 0 amide bonds. The quantitative estimate of drug-likeness (QED) is 0.302. The van der Waals surface area contributed by atoms with Crippen molar-refractivity contribution >= 4 is 29.9 Å². The van der Waals surface area contributed by atoms with Crippen molar-refractivity contribution in [1.82, 2.24) is 20.2 Å². The van der Waals surface area contributed by atoms with E-state index in [4.69, 9.17) is 4.74 Å². The first-order chi connectivity index (χ1) is 13.3. The molecular weight excluding hydrogens is 465 g/mol. The highest BCUT2D eigenvalue weighted by atomic mass is 127. The fraction of sp³-hybridized carbons (Fsp3) is 0.238. The van der Waals surface area contributed by atoms with Crippen molar-refractivity contribution in [1.29, 1.82) is 0 Å². The van der Waals surface area contributed by atoms with Crippen molar-refractivity contribution in [2.24, 2.45) is 4.99 Å². The summed E-state index contributed by atoms with van der Waals surface area (Å²) in [6.45, 7) is 2.22. The fourth-order valence-corrected chi connectivity index (χ4v) is 2.73. The van der Waals surface area contributed by atoms with Crippen LogP contribution in [0, 0.1) is 0 Å². The molecule has 0 saturated heterocycles. The Hall–Kier alpha value is -2.55. The highest BCUT2D eigenvalue weighted by Crippen LogP contribution is 2.12. The summed E-state index contributed by atoms with van der Waals surface area (Å²) in [5.41, 5.74) is 3.59. The molecule has 2 aromatic carbocycles. The van der Waals surface area contributed by atoms with Crippen LogP contribution in [0.4, 0.5) is 0 Å². The van der Waals surface area contributed by atoms with Crippen LogP contribution in [-0.2, 0) is 19.6 Å². The fourth-order valence-electron chi connectivity index (χ4n) is 2.73. The SMILES string of the molecule is CN=C(NCc1ccc(Cn2ccnc2)cc1)NCc1cccc(OC)c1.I. The molecular formula is C21H26IN5O. The number of benzene rings is 2. The summed E-state index contributed by atoms with van der Waals surface area (Å²) in [6, 6.07) is 16.5. The van der Waals surface area contributed by atoms with Gasteiger partial charge in [-0.3, -0.25) is 4.99 Å². The van der Waals surface area contributed by atoms with Crippen molar-refractivity contribution in [3.63, 3.8) is 0 Å². The summed E-state index contributed by atoms with van der Waals surface area (Å²) in [5.74, 6) is 1.62. The Labute approximate surface area is 183 Å².